The molecule has 0 radical (unpaired) electrons. The molecule has 20 heavy (non-hydrogen) atoms. The molecule has 0 aliphatic heterocycles. The van der Waals surface area contributed by atoms with Crippen LogP contribution in [0.2, 0.25) is 0 Å². The molecule has 1 heterocycles. The number of benzene rings is 1. The van der Waals surface area contributed by atoms with E-state index in [0.29, 0.717) is 12.6 Å². The summed E-state index contributed by atoms with van der Waals surface area (Å²) < 4.78 is 6.03. The lowest BCUT2D eigenvalue weighted by atomic mass is 10.1. The molecule has 1 unspecified atom stereocenters. The quantitative estimate of drug-likeness (QED) is 0.854. The summed E-state index contributed by atoms with van der Waals surface area (Å²) in [6, 6.07) is 11.2. The summed E-state index contributed by atoms with van der Waals surface area (Å²) >= 11 is 1.75. The van der Waals surface area contributed by atoms with Gasteiger partial charge < -0.3 is 10.1 Å². The van der Waals surface area contributed by atoms with E-state index < -0.39 is 0 Å². The molecule has 1 aromatic heterocycles. The summed E-state index contributed by atoms with van der Waals surface area (Å²) in [6.07, 6.45) is 3.49. The molecule has 1 atom stereocenters. The first-order valence-corrected chi connectivity index (χ1v) is 8.27. The molecule has 1 aliphatic carbocycles. The molecule has 0 spiro atoms. The Hall–Kier alpha value is -1.32. The summed E-state index contributed by atoms with van der Waals surface area (Å²) in [7, 11) is 0. The standard InChI is InChI=1S/C17H21NOS/c1-2-10-18-16-9-8-15-14(16)6-3-7-17(15)19-12-13-5-4-11-20-13/h3-7,11,16,18H,2,8-10,12H2,1H3. The van der Waals surface area contributed by atoms with Crippen LogP contribution in [0.3, 0.4) is 0 Å². The SMILES string of the molecule is CCCNC1CCc2c(OCc3cccs3)cccc21. The highest BCUT2D eigenvalue weighted by Crippen LogP contribution is 2.37. The molecule has 0 saturated carbocycles. The predicted octanol–water partition coefficient (Wildman–Crippen LogP) is 4.31. The molecular formula is C17H21NOS. The Labute approximate surface area is 124 Å². The van der Waals surface area contributed by atoms with Crippen LogP contribution >= 0.6 is 11.3 Å². The molecule has 0 fully saturated rings. The molecule has 1 aliphatic rings. The number of nitrogens with one attached hydrogen (secondary N) is 1. The van der Waals surface area contributed by atoms with Gasteiger partial charge in [-0.05, 0) is 54.4 Å². The van der Waals surface area contributed by atoms with Gasteiger partial charge in [-0.25, -0.2) is 0 Å². The van der Waals surface area contributed by atoms with E-state index in [0.717, 1.165) is 18.7 Å². The van der Waals surface area contributed by atoms with E-state index in [1.54, 1.807) is 11.3 Å². The molecular weight excluding hydrogens is 266 g/mol. The average molecular weight is 287 g/mol. The Bertz CT molecular complexity index is 550. The Morgan fingerprint density at radius 2 is 2.25 bits per heavy atom. The number of hydrogen-bond donors (Lipinski definition) is 1. The fourth-order valence-corrected chi connectivity index (χ4v) is 3.45. The summed E-state index contributed by atoms with van der Waals surface area (Å²) in [6.45, 7) is 3.98. The summed E-state index contributed by atoms with van der Waals surface area (Å²) in [5, 5.41) is 5.73. The lowest BCUT2D eigenvalue weighted by Gasteiger charge is -2.14. The van der Waals surface area contributed by atoms with Crippen LogP contribution in [-0.2, 0) is 13.0 Å². The monoisotopic (exact) mass is 287 g/mol. The summed E-state index contributed by atoms with van der Waals surface area (Å²) in [4.78, 5) is 1.28. The van der Waals surface area contributed by atoms with Crippen molar-refractivity contribution in [3.8, 4) is 5.75 Å². The smallest absolute Gasteiger partial charge is 0.123 e. The minimum Gasteiger partial charge on any atom is -0.488 e. The van der Waals surface area contributed by atoms with Gasteiger partial charge in [-0.1, -0.05) is 25.1 Å². The van der Waals surface area contributed by atoms with E-state index in [1.165, 1.54) is 28.8 Å². The fraction of sp³-hybridized carbons (Fsp3) is 0.412. The van der Waals surface area contributed by atoms with Crippen LogP contribution in [0.5, 0.6) is 5.75 Å². The second-order valence-corrected chi connectivity index (χ2v) is 6.27. The molecule has 106 valence electrons. The Morgan fingerprint density at radius 1 is 1.30 bits per heavy atom. The topological polar surface area (TPSA) is 21.3 Å². The molecule has 3 rings (SSSR count). The Kier molecular flexibility index (Phi) is 4.38. The van der Waals surface area contributed by atoms with Crippen LogP contribution in [0.1, 0.15) is 41.8 Å². The van der Waals surface area contributed by atoms with Crippen molar-refractivity contribution >= 4 is 11.3 Å². The zero-order valence-electron chi connectivity index (χ0n) is 11.9. The van der Waals surface area contributed by atoms with Gasteiger partial charge in [0.1, 0.15) is 12.4 Å². The molecule has 3 heteroatoms. The second kappa shape index (κ2) is 6.42. The van der Waals surface area contributed by atoms with Crippen LogP contribution in [-0.4, -0.2) is 6.54 Å². The van der Waals surface area contributed by atoms with Crippen LogP contribution in [0.4, 0.5) is 0 Å². The molecule has 2 aromatic rings. The predicted molar refractivity (Wildman–Crippen MR) is 84.4 cm³/mol. The van der Waals surface area contributed by atoms with E-state index in [9.17, 15) is 0 Å². The molecule has 0 saturated heterocycles. The van der Waals surface area contributed by atoms with Gasteiger partial charge in [0.05, 0.1) is 0 Å². The third kappa shape index (κ3) is 2.89. The van der Waals surface area contributed by atoms with E-state index >= 15 is 0 Å². The Morgan fingerprint density at radius 3 is 3.05 bits per heavy atom. The van der Waals surface area contributed by atoms with E-state index in [1.807, 2.05) is 0 Å². The van der Waals surface area contributed by atoms with Crippen molar-refractivity contribution in [2.75, 3.05) is 6.54 Å². The largest absolute Gasteiger partial charge is 0.488 e. The van der Waals surface area contributed by atoms with Crippen molar-refractivity contribution in [2.24, 2.45) is 0 Å². The van der Waals surface area contributed by atoms with Crippen LogP contribution in [0.15, 0.2) is 35.7 Å². The van der Waals surface area contributed by atoms with Crippen molar-refractivity contribution in [1.82, 2.24) is 5.32 Å². The second-order valence-electron chi connectivity index (χ2n) is 5.24. The van der Waals surface area contributed by atoms with Crippen molar-refractivity contribution in [3.63, 3.8) is 0 Å². The van der Waals surface area contributed by atoms with E-state index in [-0.39, 0.29) is 0 Å². The van der Waals surface area contributed by atoms with Crippen LogP contribution in [0.25, 0.3) is 0 Å². The minimum absolute atomic E-state index is 0.509. The lowest BCUT2D eigenvalue weighted by molar-refractivity contribution is 0.307. The van der Waals surface area contributed by atoms with Gasteiger partial charge in [0.15, 0.2) is 0 Å². The zero-order valence-corrected chi connectivity index (χ0v) is 12.7. The third-order valence-electron chi connectivity index (χ3n) is 3.82. The molecule has 1 N–H and O–H groups in total. The van der Waals surface area contributed by atoms with Gasteiger partial charge in [-0.3, -0.25) is 0 Å². The van der Waals surface area contributed by atoms with Gasteiger partial charge in [0.2, 0.25) is 0 Å². The van der Waals surface area contributed by atoms with Gasteiger partial charge in [-0.2, -0.15) is 0 Å². The minimum atomic E-state index is 0.509. The fourth-order valence-electron chi connectivity index (χ4n) is 2.83. The van der Waals surface area contributed by atoms with Crippen molar-refractivity contribution in [3.05, 3.63) is 51.7 Å². The first kappa shape index (κ1) is 13.7. The maximum absolute atomic E-state index is 6.03. The molecule has 1 aromatic carbocycles. The summed E-state index contributed by atoms with van der Waals surface area (Å²) in [5.41, 5.74) is 2.83. The third-order valence-corrected chi connectivity index (χ3v) is 4.67. The summed E-state index contributed by atoms with van der Waals surface area (Å²) in [5.74, 6) is 1.07. The average Bonchev–Trinajstić information content (AvgIpc) is 3.12. The maximum Gasteiger partial charge on any atom is 0.123 e. The maximum atomic E-state index is 6.03. The highest BCUT2D eigenvalue weighted by atomic mass is 32.1. The highest BCUT2D eigenvalue weighted by Gasteiger charge is 2.24. The van der Waals surface area contributed by atoms with Gasteiger partial charge in [0.25, 0.3) is 0 Å². The normalized spacial score (nSPS) is 17.1. The van der Waals surface area contributed by atoms with Crippen LogP contribution < -0.4 is 10.1 Å². The first-order chi connectivity index (χ1) is 9.88. The van der Waals surface area contributed by atoms with Crippen molar-refractivity contribution < 1.29 is 4.74 Å². The first-order valence-electron chi connectivity index (χ1n) is 7.39. The van der Waals surface area contributed by atoms with E-state index in [2.05, 4.69) is 48.0 Å². The van der Waals surface area contributed by atoms with Crippen molar-refractivity contribution in [2.45, 2.75) is 38.8 Å². The van der Waals surface area contributed by atoms with Crippen LogP contribution in [0, 0.1) is 0 Å². The lowest BCUT2D eigenvalue weighted by Crippen LogP contribution is -2.19. The highest BCUT2D eigenvalue weighted by molar-refractivity contribution is 7.09. The number of hydrogen-bond acceptors (Lipinski definition) is 3. The van der Waals surface area contributed by atoms with Gasteiger partial charge in [-0.15, -0.1) is 11.3 Å². The van der Waals surface area contributed by atoms with Crippen molar-refractivity contribution in [1.29, 1.82) is 0 Å². The van der Waals surface area contributed by atoms with Gasteiger partial charge >= 0.3 is 0 Å². The molecule has 0 bridgehead atoms. The molecule has 0 amide bonds. The number of thiophene rings is 1. The number of fused-ring (bicyclic) bond motifs is 1. The zero-order chi connectivity index (χ0) is 13.8. The van der Waals surface area contributed by atoms with E-state index in [4.69, 9.17) is 4.74 Å². The number of rotatable bonds is 6. The van der Waals surface area contributed by atoms with Gasteiger partial charge in [0, 0.05) is 10.9 Å². The molecule has 2 nitrogen and oxygen atoms in total. The Balaban J connectivity index is 1.72. The number of ether oxygens (including phenoxy) is 1.